The van der Waals surface area contributed by atoms with Crippen molar-refractivity contribution in [3.8, 4) is 0 Å². The van der Waals surface area contributed by atoms with E-state index < -0.39 is 6.10 Å². The number of nitrogens with zero attached hydrogens (tertiary/aromatic N) is 1. The van der Waals surface area contributed by atoms with Crippen molar-refractivity contribution in [3.63, 3.8) is 0 Å². The Labute approximate surface area is 140 Å². The zero-order chi connectivity index (χ0) is 16.9. The maximum atomic E-state index is 12.9. The van der Waals surface area contributed by atoms with E-state index in [2.05, 4.69) is 0 Å². The quantitative estimate of drug-likeness (QED) is 0.752. The topological polar surface area (TPSA) is 66.8 Å². The van der Waals surface area contributed by atoms with Crippen molar-refractivity contribution >= 4 is 5.91 Å². The SMILES string of the molecule is Cc1occc1C(=O)N(Cc1ccccc1)CC(O)c1ccco1. The summed E-state index contributed by atoms with van der Waals surface area (Å²) in [6.07, 6.45) is 2.11. The molecule has 3 aromatic rings. The summed E-state index contributed by atoms with van der Waals surface area (Å²) in [6, 6.07) is 14.7. The summed E-state index contributed by atoms with van der Waals surface area (Å²) in [7, 11) is 0. The summed E-state index contributed by atoms with van der Waals surface area (Å²) in [4.78, 5) is 14.5. The van der Waals surface area contributed by atoms with Crippen LogP contribution >= 0.6 is 0 Å². The molecule has 0 saturated carbocycles. The second-order valence-electron chi connectivity index (χ2n) is 5.59. The van der Waals surface area contributed by atoms with Crippen LogP contribution in [0.15, 0.2) is 69.9 Å². The minimum Gasteiger partial charge on any atom is -0.469 e. The third-order valence-electron chi connectivity index (χ3n) is 3.86. The fraction of sp³-hybridized carbons (Fsp3) is 0.211. The number of amides is 1. The van der Waals surface area contributed by atoms with Crippen LogP contribution in [-0.4, -0.2) is 22.5 Å². The van der Waals surface area contributed by atoms with Gasteiger partial charge in [0.25, 0.3) is 5.91 Å². The molecule has 0 aliphatic heterocycles. The van der Waals surface area contributed by atoms with Crippen molar-refractivity contribution in [2.45, 2.75) is 19.6 Å². The Morgan fingerprint density at radius 1 is 1.08 bits per heavy atom. The van der Waals surface area contributed by atoms with Gasteiger partial charge in [-0.1, -0.05) is 30.3 Å². The molecule has 3 rings (SSSR count). The summed E-state index contributed by atoms with van der Waals surface area (Å²) in [5.41, 5.74) is 1.48. The molecule has 0 bridgehead atoms. The van der Waals surface area contributed by atoms with Crippen LogP contribution in [0.2, 0.25) is 0 Å². The maximum Gasteiger partial charge on any atom is 0.257 e. The molecule has 124 valence electrons. The molecule has 24 heavy (non-hydrogen) atoms. The van der Waals surface area contributed by atoms with E-state index in [4.69, 9.17) is 8.83 Å². The van der Waals surface area contributed by atoms with Gasteiger partial charge in [-0.25, -0.2) is 0 Å². The number of rotatable bonds is 6. The van der Waals surface area contributed by atoms with E-state index in [1.807, 2.05) is 30.3 Å². The van der Waals surface area contributed by atoms with Gasteiger partial charge in [-0.15, -0.1) is 0 Å². The Balaban J connectivity index is 1.83. The van der Waals surface area contributed by atoms with Crippen molar-refractivity contribution < 1.29 is 18.7 Å². The zero-order valence-electron chi connectivity index (χ0n) is 13.4. The van der Waals surface area contributed by atoms with Gasteiger partial charge in [-0.2, -0.15) is 0 Å². The van der Waals surface area contributed by atoms with Crippen LogP contribution in [0, 0.1) is 6.92 Å². The normalized spacial score (nSPS) is 12.1. The first-order valence-corrected chi connectivity index (χ1v) is 7.74. The number of carbonyl (C=O) groups excluding carboxylic acids is 1. The Morgan fingerprint density at radius 3 is 2.50 bits per heavy atom. The van der Waals surface area contributed by atoms with Gasteiger partial charge in [0.2, 0.25) is 0 Å². The Hall–Kier alpha value is -2.79. The minimum atomic E-state index is -0.889. The predicted molar refractivity (Wildman–Crippen MR) is 88.3 cm³/mol. The summed E-state index contributed by atoms with van der Waals surface area (Å²) < 4.78 is 10.5. The lowest BCUT2D eigenvalue weighted by Crippen LogP contribution is -2.34. The van der Waals surface area contributed by atoms with Crippen LogP contribution in [0.25, 0.3) is 0 Å². The van der Waals surface area contributed by atoms with E-state index in [0.29, 0.717) is 23.6 Å². The lowest BCUT2D eigenvalue weighted by Gasteiger charge is -2.24. The van der Waals surface area contributed by atoms with Crippen molar-refractivity contribution in [2.75, 3.05) is 6.54 Å². The van der Waals surface area contributed by atoms with Gasteiger partial charge >= 0.3 is 0 Å². The molecule has 0 aliphatic rings. The number of aryl methyl sites for hydroxylation is 1. The molecule has 0 saturated heterocycles. The third-order valence-corrected chi connectivity index (χ3v) is 3.86. The molecule has 1 atom stereocenters. The molecule has 2 aromatic heterocycles. The fourth-order valence-electron chi connectivity index (χ4n) is 2.58. The number of benzene rings is 1. The zero-order valence-corrected chi connectivity index (χ0v) is 13.4. The highest BCUT2D eigenvalue weighted by molar-refractivity contribution is 5.95. The molecule has 5 nitrogen and oxygen atoms in total. The lowest BCUT2D eigenvalue weighted by molar-refractivity contribution is 0.0561. The molecule has 0 spiro atoms. The van der Waals surface area contributed by atoms with Gasteiger partial charge in [-0.3, -0.25) is 4.79 Å². The number of aliphatic hydroxyl groups excluding tert-OH is 1. The standard InChI is InChI=1S/C19H19NO4/c1-14-16(9-11-23-14)19(22)20(12-15-6-3-2-4-7-15)13-17(21)18-8-5-10-24-18/h2-11,17,21H,12-13H2,1H3. The first-order valence-electron chi connectivity index (χ1n) is 7.74. The van der Waals surface area contributed by atoms with Crippen molar-refractivity contribution in [3.05, 3.63) is 83.7 Å². The summed E-state index contributed by atoms with van der Waals surface area (Å²) in [5.74, 6) is 0.811. The first-order chi connectivity index (χ1) is 11.6. The highest BCUT2D eigenvalue weighted by Crippen LogP contribution is 2.20. The molecule has 5 heteroatoms. The molecule has 0 aliphatic carbocycles. The van der Waals surface area contributed by atoms with E-state index in [1.165, 1.54) is 12.5 Å². The van der Waals surface area contributed by atoms with Crippen molar-refractivity contribution in [1.82, 2.24) is 4.90 Å². The minimum absolute atomic E-state index is 0.131. The van der Waals surface area contributed by atoms with Gasteiger partial charge in [-0.05, 0) is 30.7 Å². The molecule has 2 heterocycles. The largest absolute Gasteiger partial charge is 0.469 e. The number of carbonyl (C=O) groups is 1. The maximum absolute atomic E-state index is 12.9. The molecular weight excluding hydrogens is 306 g/mol. The molecule has 1 amide bonds. The molecule has 1 aromatic carbocycles. The predicted octanol–water partition coefficient (Wildman–Crippen LogP) is 3.56. The second-order valence-corrected chi connectivity index (χ2v) is 5.59. The van der Waals surface area contributed by atoms with Gasteiger partial charge in [0.15, 0.2) is 0 Å². The summed E-state index contributed by atoms with van der Waals surface area (Å²) in [5, 5.41) is 10.4. The number of hydrogen-bond donors (Lipinski definition) is 1. The number of hydrogen-bond acceptors (Lipinski definition) is 4. The highest BCUT2D eigenvalue weighted by Gasteiger charge is 2.23. The molecule has 1 unspecified atom stereocenters. The molecule has 0 fully saturated rings. The average molecular weight is 325 g/mol. The van der Waals surface area contributed by atoms with Crippen molar-refractivity contribution in [2.24, 2.45) is 0 Å². The molecular formula is C19H19NO4. The number of furan rings is 2. The monoisotopic (exact) mass is 325 g/mol. The van der Waals surface area contributed by atoms with E-state index in [0.717, 1.165) is 5.56 Å². The van der Waals surface area contributed by atoms with Crippen LogP contribution in [0.5, 0.6) is 0 Å². The third kappa shape index (κ3) is 3.58. The molecule has 0 radical (unpaired) electrons. The Bertz CT molecular complexity index is 777. The Kier molecular flexibility index (Phi) is 4.82. The second kappa shape index (κ2) is 7.19. The summed E-state index contributed by atoms with van der Waals surface area (Å²) in [6.45, 7) is 2.27. The van der Waals surface area contributed by atoms with Gasteiger partial charge in [0.1, 0.15) is 17.6 Å². The van der Waals surface area contributed by atoms with Gasteiger partial charge in [0, 0.05) is 6.54 Å². The van der Waals surface area contributed by atoms with Crippen LogP contribution < -0.4 is 0 Å². The van der Waals surface area contributed by atoms with E-state index in [-0.39, 0.29) is 12.5 Å². The van der Waals surface area contributed by atoms with Crippen LogP contribution in [0.4, 0.5) is 0 Å². The summed E-state index contributed by atoms with van der Waals surface area (Å²) >= 11 is 0. The molecule has 1 N–H and O–H groups in total. The average Bonchev–Trinajstić information content (AvgIpc) is 3.26. The lowest BCUT2D eigenvalue weighted by atomic mass is 10.1. The fourth-order valence-corrected chi connectivity index (χ4v) is 2.58. The van der Waals surface area contributed by atoms with Crippen LogP contribution in [0.1, 0.15) is 33.5 Å². The number of aliphatic hydroxyl groups is 1. The Morgan fingerprint density at radius 2 is 1.88 bits per heavy atom. The van der Waals surface area contributed by atoms with E-state index >= 15 is 0 Å². The van der Waals surface area contributed by atoms with Crippen molar-refractivity contribution in [1.29, 1.82) is 0 Å². The van der Waals surface area contributed by atoms with Gasteiger partial charge in [0.05, 0.1) is 24.6 Å². The van der Waals surface area contributed by atoms with E-state index in [1.54, 1.807) is 30.0 Å². The van der Waals surface area contributed by atoms with Gasteiger partial charge < -0.3 is 18.8 Å². The highest BCUT2D eigenvalue weighted by atomic mass is 16.4. The van der Waals surface area contributed by atoms with E-state index in [9.17, 15) is 9.90 Å². The van der Waals surface area contributed by atoms with Crippen LogP contribution in [0.3, 0.4) is 0 Å². The van der Waals surface area contributed by atoms with Crippen LogP contribution in [-0.2, 0) is 6.54 Å². The first kappa shape index (κ1) is 16.1. The smallest absolute Gasteiger partial charge is 0.257 e.